The van der Waals surface area contributed by atoms with E-state index in [1.54, 1.807) is 0 Å². The molecule has 0 bridgehead atoms. The highest BCUT2D eigenvalue weighted by Gasteiger charge is 2.24. The van der Waals surface area contributed by atoms with E-state index in [0.717, 1.165) is 47.9 Å². The number of phenolic OH excluding ortho intramolecular Hbond substituents is 2. The van der Waals surface area contributed by atoms with Gasteiger partial charge in [-0.05, 0) is 71.9 Å². The minimum atomic E-state index is 0.000438. The van der Waals surface area contributed by atoms with Gasteiger partial charge in [-0.2, -0.15) is 0 Å². The van der Waals surface area contributed by atoms with E-state index in [1.807, 2.05) is 38.4 Å². The Labute approximate surface area is 205 Å². The number of nitrogens with zero attached hydrogens (tertiary/aromatic N) is 2. The molecule has 0 spiro atoms. The molecule has 4 nitrogen and oxygen atoms in total. The number of aryl methyl sites for hydroxylation is 2. The molecule has 1 saturated carbocycles. The molecule has 184 valence electrons. The highest BCUT2D eigenvalue weighted by atomic mass is 16.3. The Kier molecular flexibility index (Phi) is 7.59. The van der Waals surface area contributed by atoms with E-state index in [0.29, 0.717) is 11.5 Å². The van der Waals surface area contributed by atoms with Crippen molar-refractivity contribution in [2.75, 3.05) is 0 Å². The largest absolute Gasteiger partial charge is 0.507 e. The van der Waals surface area contributed by atoms with E-state index >= 15 is 0 Å². The third-order valence-electron chi connectivity index (χ3n) is 6.90. The third-order valence-corrected chi connectivity index (χ3v) is 6.90. The summed E-state index contributed by atoms with van der Waals surface area (Å²) in [7, 11) is 0. The first kappa shape index (κ1) is 26.0. The van der Waals surface area contributed by atoms with Crippen LogP contribution in [-0.4, -0.2) is 34.7 Å². The number of benzene rings is 2. The van der Waals surface area contributed by atoms with E-state index in [2.05, 4.69) is 53.7 Å². The molecule has 4 heteroatoms. The standard InChI is InChI=1S/C30H42N2O2/c1-19-13-23(29(3,4)5)15-21(27(19)33)17-31-25-11-9-10-12-26(25)32-18-22-16-24(30(6,7)8)14-20(2)28(22)34/h13-18,25-26,33-34H,9-12H2,1-8H3/t25-,26-/m1/s1. The van der Waals surface area contributed by atoms with Crippen LogP contribution in [-0.2, 0) is 10.8 Å². The van der Waals surface area contributed by atoms with Crippen molar-refractivity contribution in [3.8, 4) is 11.5 Å². The fraction of sp³-hybridized carbons (Fsp3) is 0.533. The topological polar surface area (TPSA) is 65.2 Å². The van der Waals surface area contributed by atoms with E-state index in [1.165, 1.54) is 11.1 Å². The number of aliphatic imine (C=N–C) groups is 2. The number of rotatable bonds is 4. The van der Waals surface area contributed by atoms with Crippen LogP contribution in [0.5, 0.6) is 11.5 Å². The summed E-state index contributed by atoms with van der Waals surface area (Å²) in [5.74, 6) is 0.596. The van der Waals surface area contributed by atoms with Crippen LogP contribution in [0.15, 0.2) is 34.3 Å². The lowest BCUT2D eigenvalue weighted by Gasteiger charge is -2.26. The number of hydrogen-bond acceptors (Lipinski definition) is 4. The molecule has 2 atom stereocenters. The van der Waals surface area contributed by atoms with Crippen molar-refractivity contribution in [3.63, 3.8) is 0 Å². The second-order valence-corrected chi connectivity index (χ2v) is 11.9. The van der Waals surface area contributed by atoms with Gasteiger partial charge in [0.1, 0.15) is 11.5 Å². The van der Waals surface area contributed by atoms with Gasteiger partial charge < -0.3 is 10.2 Å². The van der Waals surface area contributed by atoms with Crippen LogP contribution >= 0.6 is 0 Å². The molecule has 2 N–H and O–H groups in total. The lowest BCUT2D eigenvalue weighted by atomic mass is 9.85. The van der Waals surface area contributed by atoms with Crippen LogP contribution in [0.1, 0.15) is 101 Å². The summed E-state index contributed by atoms with van der Waals surface area (Å²) in [6, 6.07) is 8.34. The van der Waals surface area contributed by atoms with Crippen LogP contribution in [0.4, 0.5) is 0 Å². The fourth-order valence-electron chi connectivity index (χ4n) is 4.47. The van der Waals surface area contributed by atoms with Gasteiger partial charge in [0.2, 0.25) is 0 Å². The van der Waals surface area contributed by atoms with E-state index in [4.69, 9.17) is 9.98 Å². The molecule has 2 aromatic carbocycles. The molecule has 0 aromatic heterocycles. The molecular formula is C30H42N2O2. The first-order valence-electron chi connectivity index (χ1n) is 12.5. The first-order valence-corrected chi connectivity index (χ1v) is 12.5. The minimum Gasteiger partial charge on any atom is -0.507 e. The highest BCUT2D eigenvalue weighted by molar-refractivity contribution is 5.86. The molecule has 0 radical (unpaired) electrons. The Morgan fingerprint density at radius 3 is 1.35 bits per heavy atom. The molecule has 34 heavy (non-hydrogen) atoms. The van der Waals surface area contributed by atoms with Gasteiger partial charge in [-0.25, -0.2) is 0 Å². The Morgan fingerprint density at radius 1 is 0.676 bits per heavy atom. The van der Waals surface area contributed by atoms with Crippen molar-refractivity contribution in [2.45, 2.75) is 104 Å². The van der Waals surface area contributed by atoms with Gasteiger partial charge in [0.15, 0.2) is 0 Å². The zero-order valence-electron chi connectivity index (χ0n) is 22.2. The van der Waals surface area contributed by atoms with Crippen molar-refractivity contribution in [3.05, 3.63) is 57.6 Å². The summed E-state index contributed by atoms with van der Waals surface area (Å²) in [6.07, 6.45) is 7.88. The molecule has 2 aromatic rings. The maximum atomic E-state index is 10.6. The fourth-order valence-corrected chi connectivity index (χ4v) is 4.47. The summed E-state index contributed by atoms with van der Waals surface area (Å²) in [5.41, 5.74) is 5.65. The number of aromatic hydroxyl groups is 2. The molecular weight excluding hydrogens is 420 g/mol. The van der Waals surface area contributed by atoms with Crippen molar-refractivity contribution in [2.24, 2.45) is 9.98 Å². The number of phenols is 2. The zero-order valence-corrected chi connectivity index (χ0v) is 22.2. The second-order valence-electron chi connectivity index (χ2n) is 11.9. The van der Waals surface area contributed by atoms with Crippen LogP contribution < -0.4 is 0 Å². The number of hydrogen-bond donors (Lipinski definition) is 2. The maximum Gasteiger partial charge on any atom is 0.127 e. The molecule has 1 fully saturated rings. The summed E-state index contributed by atoms with van der Waals surface area (Å²) < 4.78 is 0. The summed E-state index contributed by atoms with van der Waals surface area (Å²) in [5, 5.41) is 21.3. The van der Waals surface area contributed by atoms with Gasteiger partial charge in [0.05, 0.1) is 12.1 Å². The van der Waals surface area contributed by atoms with Crippen molar-refractivity contribution < 1.29 is 10.2 Å². The maximum absolute atomic E-state index is 10.6. The summed E-state index contributed by atoms with van der Waals surface area (Å²) in [4.78, 5) is 9.82. The Hall–Kier alpha value is -2.62. The quantitative estimate of drug-likeness (QED) is 0.473. The molecule has 0 saturated heterocycles. The Balaban J connectivity index is 1.88. The normalized spacial score (nSPS) is 19.9. The average Bonchev–Trinajstić information content (AvgIpc) is 2.74. The molecule has 0 amide bonds. The molecule has 0 unspecified atom stereocenters. The molecule has 0 heterocycles. The van der Waals surface area contributed by atoms with Crippen LogP contribution in [0.2, 0.25) is 0 Å². The van der Waals surface area contributed by atoms with Gasteiger partial charge in [-0.3, -0.25) is 9.98 Å². The SMILES string of the molecule is Cc1cc(C(C)(C)C)cc(C=N[C@@H]2CCCC[C@H]2N=Cc2cc(C(C)(C)C)cc(C)c2O)c1O. The van der Waals surface area contributed by atoms with Gasteiger partial charge in [0, 0.05) is 23.6 Å². The Bertz CT molecular complexity index is 997. The first-order chi connectivity index (χ1) is 15.8. The van der Waals surface area contributed by atoms with Gasteiger partial charge in [-0.1, -0.05) is 66.5 Å². The average molecular weight is 463 g/mol. The predicted octanol–water partition coefficient (Wildman–Crippen LogP) is 7.16. The molecule has 0 aliphatic heterocycles. The van der Waals surface area contributed by atoms with Crippen molar-refractivity contribution in [1.82, 2.24) is 0 Å². The molecule has 1 aliphatic rings. The van der Waals surface area contributed by atoms with E-state index in [9.17, 15) is 10.2 Å². The lowest BCUT2D eigenvalue weighted by molar-refractivity contribution is 0.390. The van der Waals surface area contributed by atoms with Crippen LogP contribution in [0.3, 0.4) is 0 Å². The van der Waals surface area contributed by atoms with E-state index < -0.39 is 0 Å². The van der Waals surface area contributed by atoms with Crippen molar-refractivity contribution in [1.29, 1.82) is 0 Å². The summed E-state index contributed by atoms with van der Waals surface area (Å²) >= 11 is 0. The van der Waals surface area contributed by atoms with Crippen LogP contribution in [0.25, 0.3) is 0 Å². The highest BCUT2D eigenvalue weighted by Crippen LogP contribution is 2.32. The van der Waals surface area contributed by atoms with Crippen LogP contribution in [0, 0.1) is 13.8 Å². The molecule has 3 rings (SSSR count). The van der Waals surface area contributed by atoms with Gasteiger partial charge in [0.25, 0.3) is 0 Å². The summed E-state index contributed by atoms with van der Waals surface area (Å²) in [6.45, 7) is 16.9. The zero-order chi connectivity index (χ0) is 25.3. The van der Waals surface area contributed by atoms with Gasteiger partial charge in [-0.15, -0.1) is 0 Å². The second kappa shape index (κ2) is 9.93. The smallest absolute Gasteiger partial charge is 0.127 e. The van der Waals surface area contributed by atoms with Crippen molar-refractivity contribution >= 4 is 12.4 Å². The predicted molar refractivity (Wildman–Crippen MR) is 144 cm³/mol. The molecule has 1 aliphatic carbocycles. The Morgan fingerprint density at radius 2 is 1.03 bits per heavy atom. The van der Waals surface area contributed by atoms with Gasteiger partial charge >= 0.3 is 0 Å². The third kappa shape index (κ3) is 6.08. The lowest BCUT2D eigenvalue weighted by Crippen LogP contribution is -2.27. The van der Waals surface area contributed by atoms with E-state index in [-0.39, 0.29) is 22.9 Å². The monoisotopic (exact) mass is 462 g/mol. The minimum absolute atomic E-state index is 0.000438.